The molecule has 0 aromatic rings. The first-order valence-corrected chi connectivity index (χ1v) is 3.03. The highest BCUT2D eigenvalue weighted by Crippen LogP contribution is 1.88. The monoisotopic (exact) mass is 126 g/mol. The van der Waals surface area contributed by atoms with Crippen molar-refractivity contribution in [3.05, 3.63) is 24.0 Å². The van der Waals surface area contributed by atoms with Crippen LogP contribution in [0.3, 0.4) is 0 Å². The first-order valence-electron chi connectivity index (χ1n) is 3.03. The van der Waals surface area contributed by atoms with Gasteiger partial charge in [-0.1, -0.05) is 6.58 Å². The van der Waals surface area contributed by atoms with E-state index in [1.54, 1.807) is 0 Å². The summed E-state index contributed by atoms with van der Waals surface area (Å²) in [5, 5.41) is 3.03. The van der Waals surface area contributed by atoms with Gasteiger partial charge in [-0.25, -0.2) is 0 Å². The van der Waals surface area contributed by atoms with E-state index in [9.17, 15) is 0 Å². The fourth-order valence-electron chi connectivity index (χ4n) is 0.553. The Bertz CT molecular complexity index is 121. The summed E-state index contributed by atoms with van der Waals surface area (Å²) in [6.07, 6.45) is 1.81. The van der Waals surface area contributed by atoms with Crippen LogP contribution in [0, 0.1) is 0 Å². The topological polar surface area (TPSA) is 38.0 Å². The molecule has 0 saturated carbocycles. The number of allylic oxidation sites excluding steroid dienone is 2. The molecule has 9 heavy (non-hydrogen) atoms. The summed E-state index contributed by atoms with van der Waals surface area (Å²) in [4.78, 5) is 0. The van der Waals surface area contributed by atoms with E-state index in [4.69, 9.17) is 5.73 Å². The number of rotatable bonds is 3. The van der Waals surface area contributed by atoms with E-state index < -0.39 is 0 Å². The lowest BCUT2D eigenvalue weighted by atomic mass is 10.4. The fraction of sp³-hybridized carbons (Fsp3) is 0.429. The fourth-order valence-corrected chi connectivity index (χ4v) is 0.553. The average molecular weight is 126 g/mol. The lowest BCUT2D eigenvalue weighted by molar-refractivity contribution is 0.879. The van der Waals surface area contributed by atoms with Gasteiger partial charge in [0.1, 0.15) is 0 Å². The molecule has 0 aromatic heterocycles. The normalized spacial score (nSPS) is 11.1. The Hall–Kier alpha value is -0.920. The number of nitrogens with two attached hydrogens (primary N) is 1. The van der Waals surface area contributed by atoms with Gasteiger partial charge >= 0.3 is 0 Å². The van der Waals surface area contributed by atoms with Crippen molar-refractivity contribution < 1.29 is 0 Å². The van der Waals surface area contributed by atoms with Gasteiger partial charge in [0.05, 0.1) is 0 Å². The Morgan fingerprint density at radius 3 is 2.67 bits per heavy atom. The van der Waals surface area contributed by atoms with E-state index in [1.807, 2.05) is 19.9 Å². The number of nitrogens with one attached hydrogen (secondary N) is 1. The molecule has 0 saturated heterocycles. The number of hydrogen-bond acceptors (Lipinski definition) is 2. The molecule has 0 heterocycles. The molecule has 2 heteroatoms. The lowest BCUT2D eigenvalue weighted by Crippen LogP contribution is -2.10. The first-order chi connectivity index (χ1) is 4.16. The molecule has 0 aliphatic rings. The van der Waals surface area contributed by atoms with Crippen molar-refractivity contribution in [1.82, 2.24) is 5.32 Å². The smallest absolute Gasteiger partial charge is 0.0284 e. The van der Waals surface area contributed by atoms with Crippen LogP contribution in [0.25, 0.3) is 0 Å². The van der Waals surface area contributed by atoms with Crippen LogP contribution in [-0.4, -0.2) is 6.54 Å². The highest BCUT2D eigenvalue weighted by molar-refractivity contribution is 5.15. The van der Waals surface area contributed by atoms with Crippen molar-refractivity contribution in [2.24, 2.45) is 5.73 Å². The summed E-state index contributed by atoms with van der Waals surface area (Å²) < 4.78 is 0. The maximum Gasteiger partial charge on any atom is 0.0284 e. The van der Waals surface area contributed by atoms with Crippen LogP contribution in [0.5, 0.6) is 0 Å². The second-order valence-corrected chi connectivity index (χ2v) is 1.94. The molecule has 0 bridgehead atoms. The Morgan fingerprint density at radius 1 is 1.78 bits per heavy atom. The van der Waals surface area contributed by atoms with Crippen molar-refractivity contribution in [1.29, 1.82) is 0 Å². The van der Waals surface area contributed by atoms with Gasteiger partial charge in [-0.05, 0) is 19.9 Å². The molecule has 0 rings (SSSR count). The van der Waals surface area contributed by atoms with Gasteiger partial charge in [0.2, 0.25) is 0 Å². The van der Waals surface area contributed by atoms with Crippen LogP contribution in [-0.2, 0) is 0 Å². The zero-order chi connectivity index (χ0) is 7.28. The van der Waals surface area contributed by atoms with Crippen LogP contribution in [0.1, 0.15) is 13.8 Å². The minimum absolute atomic E-state index is 0.779. The second-order valence-electron chi connectivity index (χ2n) is 1.94. The van der Waals surface area contributed by atoms with Gasteiger partial charge in [-0.15, -0.1) is 0 Å². The molecule has 0 aliphatic carbocycles. The highest BCUT2D eigenvalue weighted by Gasteiger charge is 1.82. The summed E-state index contributed by atoms with van der Waals surface area (Å²) >= 11 is 0. The van der Waals surface area contributed by atoms with E-state index >= 15 is 0 Å². The largest absolute Gasteiger partial charge is 0.402 e. The molecule has 0 aliphatic heterocycles. The molecule has 0 unspecified atom stereocenters. The molecule has 3 N–H and O–H groups in total. The van der Waals surface area contributed by atoms with Gasteiger partial charge < -0.3 is 11.1 Å². The highest BCUT2D eigenvalue weighted by atomic mass is 14.9. The van der Waals surface area contributed by atoms with E-state index in [1.165, 1.54) is 0 Å². The molecule has 0 amide bonds. The Balaban J connectivity index is 3.63. The van der Waals surface area contributed by atoms with Crippen LogP contribution in [0.4, 0.5) is 0 Å². The van der Waals surface area contributed by atoms with Crippen molar-refractivity contribution in [3.63, 3.8) is 0 Å². The number of likely N-dealkylation sites (N-methyl/N-ethyl adjacent to an activating group) is 1. The molecule has 0 spiro atoms. The van der Waals surface area contributed by atoms with Crippen LogP contribution < -0.4 is 11.1 Å². The Morgan fingerprint density at radius 2 is 2.33 bits per heavy atom. The van der Waals surface area contributed by atoms with Crippen LogP contribution in [0.2, 0.25) is 0 Å². The predicted molar refractivity (Wildman–Crippen MR) is 40.8 cm³/mol. The van der Waals surface area contributed by atoms with E-state index in [0.717, 1.165) is 17.9 Å². The van der Waals surface area contributed by atoms with Crippen molar-refractivity contribution >= 4 is 0 Å². The summed E-state index contributed by atoms with van der Waals surface area (Å²) in [5.41, 5.74) is 7.04. The SMILES string of the molecule is C=C(/C=C(\C)N)NCC. The molecular formula is C7H14N2. The zero-order valence-electron chi connectivity index (χ0n) is 6.07. The second kappa shape index (κ2) is 4.01. The predicted octanol–water partition coefficient (Wildman–Crippen LogP) is 0.972. The third-order valence-corrected chi connectivity index (χ3v) is 0.806. The number of hydrogen-bond donors (Lipinski definition) is 2. The molecule has 2 nitrogen and oxygen atoms in total. The van der Waals surface area contributed by atoms with Gasteiger partial charge in [-0.2, -0.15) is 0 Å². The third-order valence-electron chi connectivity index (χ3n) is 0.806. The average Bonchev–Trinajstić information content (AvgIpc) is 1.63. The quantitative estimate of drug-likeness (QED) is 0.553. The minimum atomic E-state index is 0.779. The molecule has 0 fully saturated rings. The molecule has 0 atom stereocenters. The van der Waals surface area contributed by atoms with Crippen LogP contribution >= 0.6 is 0 Å². The van der Waals surface area contributed by atoms with Crippen LogP contribution in [0.15, 0.2) is 24.0 Å². The van der Waals surface area contributed by atoms with Gasteiger partial charge in [-0.3, -0.25) is 0 Å². The third kappa shape index (κ3) is 4.94. The van der Waals surface area contributed by atoms with Crippen molar-refractivity contribution in [3.8, 4) is 0 Å². The summed E-state index contributed by atoms with van der Waals surface area (Å²) in [6, 6.07) is 0. The molecule has 0 radical (unpaired) electrons. The molecule has 52 valence electrons. The van der Waals surface area contributed by atoms with E-state index in [-0.39, 0.29) is 0 Å². The Labute approximate surface area is 56.4 Å². The minimum Gasteiger partial charge on any atom is -0.402 e. The Kier molecular flexibility index (Phi) is 3.60. The van der Waals surface area contributed by atoms with E-state index in [0.29, 0.717) is 0 Å². The lowest BCUT2D eigenvalue weighted by Gasteiger charge is -2.00. The first kappa shape index (κ1) is 8.08. The van der Waals surface area contributed by atoms with E-state index in [2.05, 4.69) is 11.9 Å². The zero-order valence-corrected chi connectivity index (χ0v) is 6.07. The maximum atomic E-state index is 5.38. The van der Waals surface area contributed by atoms with Crippen molar-refractivity contribution in [2.45, 2.75) is 13.8 Å². The van der Waals surface area contributed by atoms with Gasteiger partial charge in [0.25, 0.3) is 0 Å². The summed E-state index contributed by atoms with van der Waals surface area (Å²) in [5.74, 6) is 0. The summed E-state index contributed by atoms with van der Waals surface area (Å²) in [6.45, 7) is 8.46. The van der Waals surface area contributed by atoms with Gasteiger partial charge in [0.15, 0.2) is 0 Å². The summed E-state index contributed by atoms with van der Waals surface area (Å²) in [7, 11) is 0. The van der Waals surface area contributed by atoms with Gasteiger partial charge in [0, 0.05) is 17.9 Å². The standard InChI is InChI=1S/C7H14N2/c1-4-9-7(3)5-6(2)8/h5,9H,3-4,8H2,1-2H3/b6-5+. The molecule has 0 aromatic carbocycles. The maximum absolute atomic E-state index is 5.38. The molecular weight excluding hydrogens is 112 g/mol. The van der Waals surface area contributed by atoms with Crippen molar-refractivity contribution in [2.75, 3.05) is 6.54 Å².